The van der Waals surface area contributed by atoms with E-state index in [9.17, 15) is 14.4 Å². The van der Waals surface area contributed by atoms with Crippen molar-refractivity contribution in [2.24, 2.45) is 5.92 Å². The van der Waals surface area contributed by atoms with E-state index in [4.69, 9.17) is 0 Å². The predicted octanol–water partition coefficient (Wildman–Crippen LogP) is 0.990. The maximum absolute atomic E-state index is 12.6. The fourth-order valence-corrected chi connectivity index (χ4v) is 4.05. The summed E-state index contributed by atoms with van der Waals surface area (Å²) in [6.45, 7) is 4.85. The summed E-state index contributed by atoms with van der Waals surface area (Å²) in [5.74, 6) is -0.656. The number of pyridine rings is 1. The summed E-state index contributed by atoms with van der Waals surface area (Å²) in [6.07, 6.45) is 7.14. The summed E-state index contributed by atoms with van der Waals surface area (Å²) >= 11 is 0. The molecule has 27 heavy (non-hydrogen) atoms. The number of hydrogen-bond donors (Lipinski definition) is 1. The topological polar surface area (TPSA) is 82.6 Å². The standard InChI is InChI=1S/C20H28N4O3/c1-15(25)20(27)23-10-6-18(7-11-23)24-9-3-5-17(14-24)19(26)22-13-16-4-2-8-21-12-16/h2,4,8,12,17-18H,3,5-7,9-11,13-14H2,1H3,(H,22,26)/t17-/m1/s1. The lowest BCUT2D eigenvalue weighted by Gasteiger charge is -2.41. The molecule has 0 spiro atoms. The van der Waals surface area contributed by atoms with Crippen LogP contribution in [0.15, 0.2) is 24.5 Å². The first-order valence-corrected chi connectivity index (χ1v) is 9.75. The van der Waals surface area contributed by atoms with Gasteiger partial charge in [0.15, 0.2) is 0 Å². The monoisotopic (exact) mass is 372 g/mol. The van der Waals surface area contributed by atoms with Gasteiger partial charge in [0.05, 0.1) is 5.92 Å². The number of Topliss-reactive ketones (excluding diaryl/α,β-unsaturated/α-hetero) is 1. The van der Waals surface area contributed by atoms with Gasteiger partial charge in [0.1, 0.15) is 0 Å². The zero-order valence-electron chi connectivity index (χ0n) is 15.9. The third-order valence-electron chi connectivity index (χ3n) is 5.58. The van der Waals surface area contributed by atoms with Crippen molar-refractivity contribution in [3.8, 4) is 0 Å². The minimum absolute atomic E-state index is 0.00676. The molecule has 0 aromatic carbocycles. The quantitative estimate of drug-likeness (QED) is 0.780. The van der Waals surface area contributed by atoms with Crippen molar-refractivity contribution >= 4 is 17.6 Å². The molecule has 2 fully saturated rings. The minimum Gasteiger partial charge on any atom is -0.352 e. The van der Waals surface area contributed by atoms with Gasteiger partial charge in [-0.1, -0.05) is 6.07 Å². The van der Waals surface area contributed by atoms with Crippen LogP contribution < -0.4 is 5.32 Å². The van der Waals surface area contributed by atoms with Crippen molar-refractivity contribution in [1.29, 1.82) is 0 Å². The second-order valence-electron chi connectivity index (χ2n) is 7.49. The van der Waals surface area contributed by atoms with Gasteiger partial charge in [0.2, 0.25) is 11.7 Å². The van der Waals surface area contributed by atoms with Gasteiger partial charge in [-0.2, -0.15) is 0 Å². The first kappa shape index (κ1) is 19.5. The van der Waals surface area contributed by atoms with Crippen molar-refractivity contribution < 1.29 is 14.4 Å². The summed E-state index contributed by atoms with van der Waals surface area (Å²) in [6, 6.07) is 4.21. The molecule has 7 heteroatoms. The molecule has 1 N–H and O–H groups in total. The zero-order chi connectivity index (χ0) is 19.2. The highest BCUT2D eigenvalue weighted by Crippen LogP contribution is 2.24. The van der Waals surface area contributed by atoms with Gasteiger partial charge in [0, 0.05) is 51.5 Å². The number of ketones is 1. The third-order valence-corrected chi connectivity index (χ3v) is 5.58. The molecule has 2 saturated heterocycles. The van der Waals surface area contributed by atoms with Crippen molar-refractivity contribution in [3.05, 3.63) is 30.1 Å². The molecule has 3 heterocycles. The van der Waals surface area contributed by atoms with Gasteiger partial charge < -0.3 is 10.2 Å². The lowest BCUT2D eigenvalue weighted by Crippen LogP contribution is -2.52. The summed E-state index contributed by atoms with van der Waals surface area (Å²) < 4.78 is 0. The number of rotatable bonds is 5. The lowest BCUT2D eigenvalue weighted by molar-refractivity contribution is -0.144. The highest BCUT2D eigenvalue weighted by atomic mass is 16.2. The molecule has 7 nitrogen and oxygen atoms in total. The van der Waals surface area contributed by atoms with E-state index in [0.29, 0.717) is 25.7 Å². The van der Waals surface area contributed by atoms with Gasteiger partial charge in [-0.25, -0.2) is 0 Å². The van der Waals surface area contributed by atoms with E-state index in [-0.39, 0.29) is 17.7 Å². The molecule has 0 bridgehead atoms. The van der Waals surface area contributed by atoms with E-state index in [1.54, 1.807) is 17.3 Å². The maximum atomic E-state index is 12.6. The molecular formula is C20H28N4O3. The molecule has 146 valence electrons. The van der Waals surface area contributed by atoms with Crippen LogP contribution in [-0.2, 0) is 20.9 Å². The van der Waals surface area contributed by atoms with Gasteiger partial charge in [-0.15, -0.1) is 0 Å². The first-order chi connectivity index (χ1) is 13.0. The summed E-state index contributed by atoms with van der Waals surface area (Å²) in [7, 11) is 0. The van der Waals surface area contributed by atoms with Crippen LogP contribution in [0, 0.1) is 5.92 Å². The molecule has 2 aliphatic rings. The largest absolute Gasteiger partial charge is 0.352 e. The highest BCUT2D eigenvalue weighted by Gasteiger charge is 2.33. The van der Waals surface area contributed by atoms with Crippen molar-refractivity contribution in [2.45, 2.75) is 45.2 Å². The van der Waals surface area contributed by atoms with Crippen LogP contribution in [0.3, 0.4) is 0 Å². The summed E-state index contributed by atoms with van der Waals surface area (Å²) in [5, 5.41) is 3.03. The van der Waals surface area contributed by atoms with Crippen LogP contribution >= 0.6 is 0 Å². The molecule has 2 amide bonds. The molecule has 1 aromatic heterocycles. The number of carbonyl (C=O) groups excluding carboxylic acids is 3. The molecule has 0 aliphatic carbocycles. The Kier molecular flexibility index (Phi) is 6.55. The van der Waals surface area contributed by atoms with Crippen LogP contribution in [0.2, 0.25) is 0 Å². The third kappa shape index (κ3) is 5.13. The summed E-state index contributed by atoms with van der Waals surface area (Å²) in [4.78, 5) is 43.8. The molecule has 2 aliphatic heterocycles. The van der Waals surface area contributed by atoms with Crippen LogP contribution in [0.4, 0.5) is 0 Å². The fourth-order valence-electron chi connectivity index (χ4n) is 4.05. The number of nitrogens with one attached hydrogen (secondary N) is 1. The zero-order valence-corrected chi connectivity index (χ0v) is 15.9. The number of hydrogen-bond acceptors (Lipinski definition) is 5. The average Bonchev–Trinajstić information content (AvgIpc) is 2.72. The van der Waals surface area contributed by atoms with Crippen molar-refractivity contribution in [3.63, 3.8) is 0 Å². The molecule has 0 unspecified atom stereocenters. The molecular weight excluding hydrogens is 344 g/mol. The number of likely N-dealkylation sites (tertiary alicyclic amines) is 2. The van der Waals surface area contributed by atoms with Crippen LogP contribution in [0.25, 0.3) is 0 Å². The Morgan fingerprint density at radius 3 is 2.63 bits per heavy atom. The Labute approximate surface area is 160 Å². The smallest absolute Gasteiger partial charge is 0.289 e. The second-order valence-corrected chi connectivity index (χ2v) is 7.49. The number of carbonyl (C=O) groups is 3. The number of nitrogens with zero attached hydrogens (tertiary/aromatic N) is 3. The van der Waals surface area contributed by atoms with E-state index >= 15 is 0 Å². The Balaban J connectivity index is 1.47. The fraction of sp³-hybridized carbons (Fsp3) is 0.600. The Bertz CT molecular complexity index is 671. The second kappa shape index (κ2) is 9.08. The van der Waals surface area contributed by atoms with E-state index in [1.807, 2.05) is 12.1 Å². The number of amides is 2. The van der Waals surface area contributed by atoms with Crippen LogP contribution in [0.5, 0.6) is 0 Å². The average molecular weight is 372 g/mol. The minimum atomic E-state index is -0.392. The maximum Gasteiger partial charge on any atom is 0.289 e. The Morgan fingerprint density at radius 2 is 1.96 bits per heavy atom. The van der Waals surface area contributed by atoms with Gasteiger partial charge in [0.25, 0.3) is 5.91 Å². The van der Waals surface area contributed by atoms with Crippen molar-refractivity contribution in [2.75, 3.05) is 26.2 Å². The summed E-state index contributed by atoms with van der Waals surface area (Å²) in [5.41, 5.74) is 1.00. The van der Waals surface area contributed by atoms with Gasteiger partial charge in [-0.3, -0.25) is 24.3 Å². The molecule has 1 atom stereocenters. The molecule has 0 saturated carbocycles. The number of piperidine rings is 2. The van der Waals surface area contributed by atoms with E-state index in [0.717, 1.165) is 44.3 Å². The molecule has 1 aromatic rings. The Morgan fingerprint density at radius 1 is 1.19 bits per heavy atom. The number of aromatic nitrogens is 1. The predicted molar refractivity (Wildman–Crippen MR) is 101 cm³/mol. The Hall–Kier alpha value is -2.28. The molecule has 0 radical (unpaired) electrons. The highest BCUT2D eigenvalue weighted by molar-refractivity contribution is 6.35. The molecule has 3 rings (SSSR count). The van der Waals surface area contributed by atoms with Gasteiger partial charge in [-0.05, 0) is 43.9 Å². The normalized spacial score (nSPS) is 21.7. The lowest BCUT2D eigenvalue weighted by atomic mass is 9.93. The van der Waals surface area contributed by atoms with Crippen LogP contribution in [0.1, 0.15) is 38.2 Å². The van der Waals surface area contributed by atoms with E-state index in [2.05, 4.69) is 15.2 Å². The first-order valence-electron chi connectivity index (χ1n) is 9.75. The van der Waals surface area contributed by atoms with E-state index < -0.39 is 5.78 Å². The van der Waals surface area contributed by atoms with Crippen LogP contribution in [-0.4, -0.2) is 64.6 Å². The van der Waals surface area contributed by atoms with Crippen molar-refractivity contribution in [1.82, 2.24) is 20.1 Å². The SMILES string of the molecule is CC(=O)C(=O)N1CCC(N2CCC[C@@H](C(=O)NCc3cccnc3)C2)CC1. The van der Waals surface area contributed by atoms with Gasteiger partial charge >= 0.3 is 0 Å². The van der Waals surface area contributed by atoms with E-state index in [1.165, 1.54) is 6.92 Å².